The molecule has 0 aliphatic rings. The summed E-state index contributed by atoms with van der Waals surface area (Å²) in [7, 11) is 4.91. The van der Waals surface area contributed by atoms with Gasteiger partial charge in [0.25, 0.3) is 11.8 Å². The second kappa shape index (κ2) is 10.2. The molecule has 36 heavy (non-hydrogen) atoms. The lowest BCUT2D eigenvalue weighted by Crippen LogP contribution is -2.21. The number of carbonyl (C=O) groups is 2. The lowest BCUT2D eigenvalue weighted by atomic mass is 10.2. The number of nitrogens with one attached hydrogen (secondary N) is 1. The molecule has 0 unspecified atom stereocenters. The number of anilines is 1. The van der Waals surface area contributed by atoms with E-state index in [2.05, 4.69) is 30.6 Å². The SMILES string of the molecule is CC(C)Oc1cc(Oc2cnc(-c3nnc(C(=O)N(C)C)o3)cn2)cc(C(=O)Nc2ccn(C)n2)c1. The van der Waals surface area contributed by atoms with Gasteiger partial charge < -0.3 is 24.1 Å². The lowest BCUT2D eigenvalue weighted by Gasteiger charge is -2.13. The number of carbonyl (C=O) groups excluding carboxylic acids is 2. The Hall–Kier alpha value is -4.81. The topological polar surface area (TPSA) is 150 Å². The molecule has 2 amide bonds. The maximum atomic E-state index is 12.8. The van der Waals surface area contributed by atoms with Crippen LogP contribution in [-0.2, 0) is 7.05 Å². The van der Waals surface area contributed by atoms with E-state index in [0.29, 0.717) is 22.9 Å². The first-order valence-electron chi connectivity index (χ1n) is 10.9. The van der Waals surface area contributed by atoms with Crippen molar-refractivity contribution >= 4 is 17.6 Å². The Bertz CT molecular complexity index is 1380. The zero-order chi connectivity index (χ0) is 25.8. The fourth-order valence-electron chi connectivity index (χ4n) is 2.98. The molecule has 0 spiro atoms. The second-order valence-corrected chi connectivity index (χ2v) is 8.14. The third-order valence-corrected chi connectivity index (χ3v) is 4.55. The summed E-state index contributed by atoms with van der Waals surface area (Å²) in [6, 6.07) is 6.49. The van der Waals surface area contributed by atoms with Gasteiger partial charge in [0.15, 0.2) is 5.82 Å². The molecule has 13 nitrogen and oxygen atoms in total. The molecule has 0 aliphatic carbocycles. The van der Waals surface area contributed by atoms with Crippen molar-refractivity contribution < 1.29 is 23.5 Å². The van der Waals surface area contributed by atoms with Gasteiger partial charge in [-0.05, 0) is 26.0 Å². The Balaban J connectivity index is 1.53. The van der Waals surface area contributed by atoms with E-state index < -0.39 is 5.91 Å². The van der Waals surface area contributed by atoms with Gasteiger partial charge in [-0.2, -0.15) is 5.10 Å². The highest BCUT2D eigenvalue weighted by Crippen LogP contribution is 2.28. The Labute approximate surface area is 206 Å². The number of aromatic nitrogens is 6. The molecule has 0 aliphatic heterocycles. The molecule has 0 saturated carbocycles. The van der Waals surface area contributed by atoms with Gasteiger partial charge >= 0.3 is 11.8 Å². The molecule has 1 N–H and O–H groups in total. The zero-order valence-electron chi connectivity index (χ0n) is 20.3. The first-order chi connectivity index (χ1) is 17.2. The van der Waals surface area contributed by atoms with Crippen LogP contribution in [-0.4, -0.2) is 66.9 Å². The Morgan fingerprint density at radius 2 is 1.86 bits per heavy atom. The van der Waals surface area contributed by atoms with Gasteiger partial charge in [0.05, 0.1) is 18.5 Å². The minimum Gasteiger partial charge on any atom is -0.491 e. The number of amides is 2. The molecule has 13 heteroatoms. The monoisotopic (exact) mass is 492 g/mol. The van der Waals surface area contributed by atoms with Gasteiger partial charge in [-0.1, -0.05) is 0 Å². The third-order valence-electron chi connectivity index (χ3n) is 4.55. The number of rotatable bonds is 8. The van der Waals surface area contributed by atoms with E-state index in [4.69, 9.17) is 13.9 Å². The summed E-state index contributed by atoms with van der Waals surface area (Å²) in [5.74, 6) is 0.413. The van der Waals surface area contributed by atoms with Gasteiger partial charge in [0, 0.05) is 45.0 Å². The highest BCUT2D eigenvalue weighted by Gasteiger charge is 2.19. The molecule has 3 heterocycles. The number of nitrogens with zero attached hydrogens (tertiary/aromatic N) is 7. The summed E-state index contributed by atoms with van der Waals surface area (Å²) < 4.78 is 18.6. The van der Waals surface area contributed by atoms with Crippen molar-refractivity contribution in [3.63, 3.8) is 0 Å². The van der Waals surface area contributed by atoms with Gasteiger partial charge in [0.2, 0.25) is 5.88 Å². The standard InChI is InChI=1S/C23H24N8O5/c1-13(2)34-15-8-14(20(32)26-18-6-7-31(5)29-18)9-16(10-15)35-19-12-24-17(11-25-19)21-27-28-22(36-21)23(33)30(3)4/h6-13H,1-5H3,(H,26,29,32). The minimum absolute atomic E-state index is 0.0417. The van der Waals surface area contributed by atoms with E-state index in [1.807, 2.05) is 13.8 Å². The van der Waals surface area contributed by atoms with Crippen LogP contribution in [0, 0.1) is 0 Å². The van der Waals surface area contributed by atoms with Crippen LogP contribution < -0.4 is 14.8 Å². The quantitative estimate of drug-likeness (QED) is 0.389. The Morgan fingerprint density at radius 1 is 1.08 bits per heavy atom. The van der Waals surface area contributed by atoms with Crippen molar-refractivity contribution in [3.8, 4) is 29.0 Å². The molecule has 0 fully saturated rings. The second-order valence-electron chi connectivity index (χ2n) is 8.14. The first-order valence-corrected chi connectivity index (χ1v) is 10.9. The average Bonchev–Trinajstić information content (AvgIpc) is 3.47. The fraction of sp³-hybridized carbons (Fsp3) is 0.261. The van der Waals surface area contributed by atoms with Crippen molar-refractivity contribution in [2.24, 2.45) is 7.05 Å². The summed E-state index contributed by atoms with van der Waals surface area (Å²) in [4.78, 5) is 34.5. The molecular weight excluding hydrogens is 468 g/mol. The van der Waals surface area contributed by atoms with Crippen molar-refractivity contribution in [2.75, 3.05) is 19.4 Å². The minimum atomic E-state index is -0.423. The van der Waals surface area contributed by atoms with Gasteiger partial charge in [0.1, 0.15) is 17.2 Å². The molecular formula is C23H24N8O5. The van der Waals surface area contributed by atoms with Crippen LogP contribution in [0.5, 0.6) is 17.4 Å². The summed E-state index contributed by atoms with van der Waals surface area (Å²) >= 11 is 0. The highest BCUT2D eigenvalue weighted by molar-refractivity contribution is 6.04. The number of benzene rings is 1. The molecule has 0 bridgehead atoms. The zero-order valence-corrected chi connectivity index (χ0v) is 20.3. The molecule has 186 valence electrons. The first kappa shape index (κ1) is 24.3. The van der Waals surface area contributed by atoms with Crippen LogP contribution in [0.1, 0.15) is 34.9 Å². The van der Waals surface area contributed by atoms with Gasteiger partial charge in [-0.3, -0.25) is 14.3 Å². The maximum Gasteiger partial charge on any atom is 0.310 e. The number of hydrogen-bond acceptors (Lipinski definition) is 10. The van der Waals surface area contributed by atoms with Crippen LogP contribution in [0.2, 0.25) is 0 Å². The van der Waals surface area contributed by atoms with Crippen LogP contribution in [0.15, 0.2) is 47.3 Å². The van der Waals surface area contributed by atoms with Crippen molar-refractivity contribution in [1.29, 1.82) is 0 Å². The highest BCUT2D eigenvalue weighted by atomic mass is 16.5. The van der Waals surface area contributed by atoms with Gasteiger partial charge in [-0.15, -0.1) is 10.2 Å². The van der Waals surface area contributed by atoms with E-state index in [0.717, 1.165) is 0 Å². The average molecular weight is 492 g/mol. The van der Waals surface area contributed by atoms with E-state index in [1.165, 1.54) is 17.3 Å². The number of ether oxygens (including phenoxy) is 2. The summed E-state index contributed by atoms with van der Waals surface area (Å²) in [6.07, 6.45) is 4.33. The molecule has 4 aromatic rings. The molecule has 3 aromatic heterocycles. The summed E-state index contributed by atoms with van der Waals surface area (Å²) in [6.45, 7) is 3.75. The summed E-state index contributed by atoms with van der Waals surface area (Å²) in [5.41, 5.74) is 0.572. The molecule has 1 aromatic carbocycles. The molecule has 0 saturated heterocycles. The van der Waals surface area contributed by atoms with Crippen LogP contribution in [0.25, 0.3) is 11.6 Å². The third kappa shape index (κ3) is 5.81. The van der Waals surface area contributed by atoms with E-state index in [1.54, 1.807) is 56.3 Å². The smallest absolute Gasteiger partial charge is 0.310 e. The largest absolute Gasteiger partial charge is 0.491 e. The van der Waals surface area contributed by atoms with Crippen LogP contribution in [0.3, 0.4) is 0 Å². The summed E-state index contributed by atoms with van der Waals surface area (Å²) in [5, 5.41) is 14.5. The van der Waals surface area contributed by atoms with E-state index >= 15 is 0 Å². The number of hydrogen-bond donors (Lipinski definition) is 1. The number of aryl methyl sites for hydroxylation is 1. The Morgan fingerprint density at radius 3 is 2.50 bits per heavy atom. The molecule has 4 rings (SSSR count). The lowest BCUT2D eigenvalue weighted by molar-refractivity contribution is 0.0789. The van der Waals surface area contributed by atoms with Gasteiger partial charge in [-0.25, -0.2) is 9.97 Å². The van der Waals surface area contributed by atoms with E-state index in [9.17, 15) is 9.59 Å². The predicted molar refractivity (Wildman–Crippen MR) is 127 cm³/mol. The molecule has 0 atom stereocenters. The fourth-order valence-corrected chi connectivity index (χ4v) is 2.98. The normalized spacial score (nSPS) is 10.8. The van der Waals surface area contributed by atoms with Crippen LogP contribution >= 0.6 is 0 Å². The molecule has 0 radical (unpaired) electrons. The van der Waals surface area contributed by atoms with E-state index in [-0.39, 0.29) is 35.4 Å². The van der Waals surface area contributed by atoms with Crippen molar-refractivity contribution in [3.05, 3.63) is 54.3 Å². The maximum absolute atomic E-state index is 12.8. The predicted octanol–water partition coefficient (Wildman–Crippen LogP) is 2.79. The Kier molecular flexibility index (Phi) is 6.90. The van der Waals surface area contributed by atoms with Crippen molar-refractivity contribution in [2.45, 2.75) is 20.0 Å². The van der Waals surface area contributed by atoms with Crippen molar-refractivity contribution in [1.82, 2.24) is 34.8 Å². The van der Waals surface area contributed by atoms with Crippen LogP contribution in [0.4, 0.5) is 5.82 Å².